The zero-order valence-electron chi connectivity index (χ0n) is 16.0. The first-order valence-corrected chi connectivity index (χ1v) is 8.44. The quantitative estimate of drug-likeness (QED) is 0.530. The van der Waals surface area contributed by atoms with E-state index in [2.05, 4.69) is 0 Å². The van der Waals surface area contributed by atoms with Gasteiger partial charge in [0.1, 0.15) is 11.2 Å². The summed E-state index contributed by atoms with van der Waals surface area (Å²) < 4.78 is 15.8. The van der Waals surface area contributed by atoms with Gasteiger partial charge in [0.25, 0.3) is 0 Å². The van der Waals surface area contributed by atoms with E-state index in [0.717, 1.165) is 5.01 Å². The Morgan fingerprint density at radius 1 is 0.960 bits per heavy atom. The maximum absolute atomic E-state index is 12.8. The third-order valence-corrected chi connectivity index (χ3v) is 4.14. The molecule has 1 heterocycles. The zero-order valence-corrected chi connectivity index (χ0v) is 16.0. The van der Waals surface area contributed by atoms with E-state index in [9.17, 15) is 14.4 Å². The highest BCUT2D eigenvalue weighted by Crippen LogP contribution is 2.48. The lowest BCUT2D eigenvalue weighted by Crippen LogP contribution is -2.62. The lowest BCUT2D eigenvalue weighted by molar-refractivity contribution is -0.163. The van der Waals surface area contributed by atoms with Gasteiger partial charge in [0.15, 0.2) is 5.54 Å². The molecule has 0 N–H and O–H groups in total. The maximum Gasteiger partial charge on any atom is 0.430 e. The Balaban J connectivity index is 2.39. The van der Waals surface area contributed by atoms with Gasteiger partial charge in [0.05, 0.1) is 13.2 Å². The Labute approximate surface area is 148 Å². The minimum Gasteiger partial charge on any atom is -0.467 e. The van der Waals surface area contributed by atoms with E-state index in [1.165, 1.54) is 12.1 Å². The molecule has 0 aromatic carbocycles. The molecule has 2 amide bonds. The number of ether oxygens (including phenoxy) is 3. The molecule has 1 saturated carbocycles. The van der Waals surface area contributed by atoms with Crippen molar-refractivity contribution in [3.05, 3.63) is 0 Å². The van der Waals surface area contributed by atoms with Crippen molar-refractivity contribution in [2.45, 2.75) is 83.6 Å². The fourth-order valence-electron chi connectivity index (χ4n) is 3.34. The van der Waals surface area contributed by atoms with Crippen LogP contribution in [0.5, 0.6) is 0 Å². The molecule has 2 fully saturated rings. The first-order valence-electron chi connectivity index (χ1n) is 8.44. The van der Waals surface area contributed by atoms with Crippen molar-refractivity contribution in [3.8, 4) is 0 Å². The standard InChI is InChI=1S/C17H28N2O6/c1-15(2,3)24-13(21)18-11-8-9-17(10-11,12(20)23-7)19(18)14(22)25-16(4,5)6/h11H,8-10H2,1-7H3. The molecule has 8 heteroatoms. The number of fused-ring (bicyclic) bond motifs is 2. The fourth-order valence-corrected chi connectivity index (χ4v) is 3.34. The van der Waals surface area contributed by atoms with E-state index in [0.29, 0.717) is 19.3 Å². The summed E-state index contributed by atoms with van der Waals surface area (Å²) in [5.41, 5.74) is -2.72. The van der Waals surface area contributed by atoms with Gasteiger partial charge in [0, 0.05) is 6.42 Å². The van der Waals surface area contributed by atoms with E-state index in [4.69, 9.17) is 14.2 Å². The minimum atomic E-state index is -1.22. The van der Waals surface area contributed by atoms with Gasteiger partial charge in [-0.25, -0.2) is 19.4 Å². The number of hydrogen-bond donors (Lipinski definition) is 0. The second kappa shape index (κ2) is 6.07. The predicted octanol–water partition coefficient (Wildman–Crippen LogP) is 2.85. The molecule has 2 rings (SSSR count). The van der Waals surface area contributed by atoms with Crippen LogP contribution in [-0.4, -0.2) is 58.1 Å². The largest absolute Gasteiger partial charge is 0.467 e. The fraction of sp³-hybridized carbons (Fsp3) is 0.824. The van der Waals surface area contributed by atoms with Gasteiger partial charge in [-0.1, -0.05) is 0 Å². The summed E-state index contributed by atoms with van der Waals surface area (Å²) in [5, 5.41) is 2.33. The molecule has 142 valence electrons. The van der Waals surface area contributed by atoms with Crippen molar-refractivity contribution in [3.63, 3.8) is 0 Å². The molecule has 2 bridgehead atoms. The van der Waals surface area contributed by atoms with Crippen molar-refractivity contribution in [2.75, 3.05) is 7.11 Å². The number of nitrogens with zero attached hydrogens (tertiary/aromatic N) is 2. The smallest absolute Gasteiger partial charge is 0.430 e. The molecule has 2 atom stereocenters. The van der Waals surface area contributed by atoms with Crippen molar-refractivity contribution in [1.29, 1.82) is 0 Å². The molecule has 8 nitrogen and oxygen atoms in total. The van der Waals surface area contributed by atoms with Crippen LogP contribution in [0, 0.1) is 0 Å². The SMILES string of the molecule is COC(=O)C12CCC(C1)N(C(=O)OC(C)(C)C)N2C(=O)OC(C)(C)C. The summed E-state index contributed by atoms with van der Waals surface area (Å²) >= 11 is 0. The highest BCUT2D eigenvalue weighted by molar-refractivity contribution is 5.89. The molecular formula is C17H28N2O6. The summed E-state index contributed by atoms with van der Waals surface area (Å²) in [4.78, 5) is 38.0. The number of methoxy groups -OCH3 is 1. The monoisotopic (exact) mass is 356 g/mol. The molecule has 2 aliphatic rings. The van der Waals surface area contributed by atoms with Crippen LogP contribution in [0.3, 0.4) is 0 Å². The number of hydrazine groups is 1. The van der Waals surface area contributed by atoms with Gasteiger partial charge in [-0.15, -0.1) is 0 Å². The van der Waals surface area contributed by atoms with E-state index in [1.807, 2.05) is 0 Å². The van der Waals surface area contributed by atoms with Gasteiger partial charge in [-0.2, -0.15) is 5.01 Å². The summed E-state index contributed by atoms with van der Waals surface area (Å²) in [7, 11) is 1.27. The van der Waals surface area contributed by atoms with Crippen molar-refractivity contribution >= 4 is 18.2 Å². The van der Waals surface area contributed by atoms with Gasteiger partial charge in [0.2, 0.25) is 0 Å². The minimum absolute atomic E-state index is 0.304. The highest BCUT2D eigenvalue weighted by atomic mass is 16.6. The van der Waals surface area contributed by atoms with Crippen LogP contribution in [0.2, 0.25) is 0 Å². The molecule has 0 spiro atoms. The Kier molecular flexibility index (Phi) is 4.69. The first kappa shape index (κ1) is 19.3. The molecule has 1 aliphatic heterocycles. The average molecular weight is 356 g/mol. The number of hydrogen-bond acceptors (Lipinski definition) is 6. The number of esters is 1. The highest BCUT2D eigenvalue weighted by Gasteiger charge is 2.65. The van der Waals surface area contributed by atoms with Gasteiger partial charge in [-0.3, -0.25) is 0 Å². The van der Waals surface area contributed by atoms with Crippen molar-refractivity contribution in [2.24, 2.45) is 0 Å². The molecule has 2 unspecified atom stereocenters. The normalized spacial score (nSPS) is 25.8. The van der Waals surface area contributed by atoms with Crippen LogP contribution in [0.15, 0.2) is 0 Å². The summed E-state index contributed by atoms with van der Waals surface area (Å²) in [5.74, 6) is -0.549. The second-order valence-electron chi connectivity index (χ2n) is 8.54. The molecule has 25 heavy (non-hydrogen) atoms. The summed E-state index contributed by atoms with van der Waals surface area (Å²) in [6.07, 6.45) is -0.103. The number of carbonyl (C=O) groups is 3. The van der Waals surface area contributed by atoms with Crippen LogP contribution in [0.4, 0.5) is 9.59 Å². The average Bonchev–Trinajstić information content (AvgIpc) is 2.99. The number of rotatable bonds is 1. The number of carbonyl (C=O) groups excluding carboxylic acids is 3. The Bertz CT molecular complexity index is 577. The first-order chi connectivity index (χ1) is 11.3. The Hall–Kier alpha value is -1.99. The molecular weight excluding hydrogens is 328 g/mol. The molecule has 1 saturated heterocycles. The Morgan fingerprint density at radius 2 is 1.48 bits per heavy atom. The maximum atomic E-state index is 12.8. The van der Waals surface area contributed by atoms with Crippen LogP contribution >= 0.6 is 0 Å². The third kappa shape index (κ3) is 3.67. The molecule has 0 aromatic rings. The van der Waals surface area contributed by atoms with Gasteiger partial charge < -0.3 is 14.2 Å². The van der Waals surface area contributed by atoms with E-state index < -0.39 is 34.9 Å². The predicted molar refractivity (Wildman–Crippen MR) is 88.5 cm³/mol. The third-order valence-electron chi connectivity index (χ3n) is 4.14. The van der Waals surface area contributed by atoms with Gasteiger partial charge in [-0.05, 0) is 54.4 Å². The zero-order chi connectivity index (χ0) is 19.2. The second-order valence-corrected chi connectivity index (χ2v) is 8.54. The van der Waals surface area contributed by atoms with Crippen LogP contribution in [0.25, 0.3) is 0 Å². The Morgan fingerprint density at radius 3 is 1.96 bits per heavy atom. The van der Waals surface area contributed by atoms with Crippen LogP contribution < -0.4 is 0 Å². The lowest BCUT2D eigenvalue weighted by Gasteiger charge is -2.42. The number of amides is 2. The van der Waals surface area contributed by atoms with Crippen molar-refractivity contribution in [1.82, 2.24) is 10.0 Å². The molecule has 1 aliphatic carbocycles. The summed E-state index contributed by atoms with van der Waals surface area (Å²) in [6.45, 7) is 10.4. The molecule has 0 radical (unpaired) electrons. The van der Waals surface area contributed by atoms with Crippen molar-refractivity contribution < 1.29 is 28.6 Å². The van der Waals surface area contributed by atoms with E-state index in [1.54, 1.807) is 41.5 Å². The lowest BCUT2D eigenvalue weighted by atomic mass is 9.98. The molecule has 0 aromatic heterocycles. The van der Waals surface area contributed by atoms with Crippen LogP contribution in [0.1, 0.15) is 60.8 Å². The van der Waals surface area contributed by atoms with E-state index >= 15 is 0 Å². The topological polar surface area (TPSA) is 85.4 Å². The summed E-state index contributed by atoms with van der Waals surface area (Å²) in [6, 6.07) is -0.304. The van der Waals surface area contributed by atoms with Gasteiger partial charge >= 0.3 is 18.2 Å². The van der Waals surface area contributed by atoms with Crippen LogP contribution in [-0.2, 0) is 19.0 Å². The van der Waals surface area contributed by atoms with E-state index in [-0.39, 0.29) is 6.04 Å².